The van der Waals surface area contributed by atoms with Crippen LogP contribution in [0.4, 0.5) is 0 Å². The van der Waals surface area contributed by atoms with Gasteiger partial charge in [0, 0.05) is 25.7 Å². The van der Waals surface area contributed by atoms with Crippen LogP contribution < -0.4 is 5.32 Å². The van der Waals surface area contributed by atoms with E-state index in [1.54, 1.807) is 17.8 Å². The van der Waals surface area contributed by atoms with Gasteiger partial charge in [0.05, 0.1) is 18.7 Å². The highest BCUT2D eigenvalue weighted by atomic mass is 16.4. The molecule has 110 valence electrons. The molecule has 1 aromatic rings. The molecule has 0 saturated carbocycles. The number of carboxylic acid groups (broad SMARTS) is 1. The molecule has 2 rings (SSSR count). The van der Waals surface area contributed by atoms with E-state index in [-0.39, 0.29) is 30.1 Å². The first kappa shape index (κ1) is 14.4. The zero-order valence-electron chi connectivity index (χ0n) is 11.6. The van der Waals surface area contributed by atoms with E-state index in [0.717, 1.165) is 13.1 Å². The van der Waals surface area contributed by atoms with Crippen LogP contribution >= 0.6 is 0 Å². The Bertz CT molecular complexity index is 497. The molecule has 1 atom stereocenters. The second-order valence-electron chi connectivity index (χ2n) is 4.93. The van der Waals surface area contributed by atoms with Crippen molar-refractivity contribution in [2.45, 2.75) is 32.4 Å². The monoisotopic (exact) mass is 281 g/mol. The van der Waals surface area contributed by atoms with Gasteiger partial charge in [-0.2, -0.15) is 0 Å². The van der Waals surface area contributed by atoms with Crippen molar-refractivity contribution in [1.82, 2.24) is 25.2 Å². The molecule has 2 heterocycles. The van der Waals surface area contributed by atoms with Gasteiger partial charge in [0.25, 0.3) is 5.91 Å². The topological polar surface area (TPSA) is 100 Å². The molecule has 0 aliphatic carbocycles. The first-order valence-corrected chi connectivity index (χ1v) is 6.68. The molecule has 0 spiro atoms. The molecule has 8 nitrogen and oxygen atoms in total. The van der Waals surface area contributed by atoms with Crippen molar-refractivity contribution >= 4 is 11.9 Å². The zero-order chi connectivity index (χ0) is 14.7. The third-order valence-corrected chi connectivity index (χ3v) is 3.47. The van der Waals surface area contributed by atoms with Crippen molar-refractivity contribution in [3.05, 3.63) is 11.9 Å². The SMILES string of the molecule is CCN(C(=O)c1cn(C2CNC2)nn1)C(C)CC(=O)O. The summed E-state index contributed by atoms with van der Waals surface area (Å²) in [5.41, 5.74) is 0.260. The molecule has 1 amide bonds. The summed E-state index contributed by atoms with van der Waals surface area (Å²) in [5.74, 6) is -1.20. The lowest BCUT2D eigenvalue weighted by Gasteiger charge is -2.27. The maximum atomic E-state index is 12.3. The van der Waals surface area contributed by atoms with Crippen LogP contribution in [0.15, 0.2) is 6.20 Å². The predicted octanol–water partition coefficient (Wildman–Crippen LogP) is -0.252. The minimum Gasteiger partial charge on any atom is -0.481 e. The van der Waals surface area contributed by atoms with E-state index in [4.69, 9.17) is 5.11 Å². The number of amides is 1. The van der Waals surface area contributed by atoms with Crippen molar-refractivity contribution in [2.24, 2.45) is 0 Å². The molecule has 0 radical (unpaired) electrons. The molecule has 1 saturated heterocycles. The van der Waals surface area contributed by atoms with Gasteiger partial charge >= 0.3 is 5.97 Å². The molecule has 2 N–H and O–H groups in total. The van der Waals surface area contributed by atoms with Gasteiger partial charge in [0.15, 0.2) is 5.69 Å². The minimum absolute atomic E-state index is 0.0831. The highest BCUT2D eigenvalue weighted by molar-refractivity contribution is 5.92. The molecule has 0 bridgehead atoms. The van der Waals surface area contributed by atoms with Crippen LogP contribution in [0.5, 0.6) is 0 Å². The molecule has 0 aromatic carbocycles. The van der Waals surface area contributed by atoms with Crippen LogP contribution in [0.1, 0.15) is 36.8 Å². The molecule has 20 heavy (non-hydrogen) atoms. The smallest absolute Gasteiger partial charge is 0.305 e. The fourth-order valence-corrected chi connectivity index (χ4v) is 2.18. The van der Waals surface area contributed by atoms with Crippen molar-refractivity contribution < 1.29 is 14.7 Å². The highest BCUT2D eigenvalue weighted by Gasteiger charge is 2.26. The molecule has 1 aliphatic rings. The molecule has 1 aliphatic heterocycles. The summed E-state index contributed by atoms with van der Waals surface area (Å²) in [4.78, 5) is 24.6. The van der Waals surface area contributed by atoms with E-state index < -0.39 is 5.97 Å². The fourth-order valence-electron chi connectivity index (χ4n) is 2.18. The first-order valence-electron chi connectivity index (χ1n) is 6.68. The normalized spacial score (nSPS) is 16.5. The Morgan fingerprint density at radius 1 is 1.60 bits per heavy atom. The largest absolute Gasteiger partial charge is 0.481 e. The number of carboxylic acids is 1. The summed E-state index contributed by atoms with van der Waals surface area (Å²) < 4.78 is 1.68. The number of hydrogen-bond acceptors (Lipinski definition) is 5. The second-order valence-corrected chi connectivity index (χ2v) is 4.93. The van der Waals surface area contributed by atoms with Crippen molar-refractivity contribution in [3.8, 4) is 0 Å². The Kier molecular flexibility index (Phi) is 4.33. The van der Waals surface area contributed by atoms with Gasteiger partial charge in [-0.05, 0) is 13.8 Å². The summed E-state index contributed by atoms with van der Waals surface area (Å²) in [6.45, 7) is 5.62. The average Bonchev–Trinajstić information content (AvgIpc) is 2.75. The van der Waals surface area contributed by atoms with Crippen LogP contribution in [-0.2, 0) is 4.79 Å². The van der Waals surface area contributed by atoms with Gasteiger partial charge in [-0.15, -0.1) is 5.10 Å². The van der Waals surface area contributed by atoms with Gasteiger partial charge in [-0.1, -0.05) is 5.21 Å². The third-order valence-electron chi connectivity index (χ3n) is 3.47. The number of carbonyl (C=O) groups is 2. The van der Waals surface area contributed by atoms with E-state index in [1.165, 1.54) is 4.90 Å². The Balaban J connectivity index is 2.07. The number of aliphatic carboxylic acids is 1. The van der Waals surface area contributed by atoms with Crippen molar-refractivity contribution in [3.63, 3.8) is 0 Å². The lowest BCUT2D eigenvalue weighted by atomic mass is 10.2. The number of hydrogen-bond donors (Lipinski definition) is 2. The Labute approximate surface area is 116 Å². The number of nitrogens with one attached hydrogen (secondary N) is 1. The lowest BCUT2D eigenvalue weighted by Crippen LogP contribution is -2.43. The fraction of sp³-hybridized carbons (Fsp3) is 0.667. The summed E-state index contributed by atoms with van der Waals surface area (Å²) in [6.07, 6.45) is 1.55. The summed E-state index contributed by atoms with van der Waals surface area (Å²) in [5, 5.41) is 19.8. The van der Waals surface area contributed by atoms with Crippen molar-refractivity contribution in [1.29, 1.82) is 0 Å². The van der Waals surface area contributed by atoms with Crippen LogP contribution in [0.2, 0.25) is 0 Å². The van der Waals surface area contributed by atoms with Crippen LogP contribution in [-0.4, -0.2) is 62.6 Å². The first-order chi connectivity index (χ1) is 9.52. The van der Waals surface area contributed by atoms with Gasteiger partial charge < -0.3 is 15.3 Å². The Hall–Kier alpha value is -1.96. The van der Waals surface area contributed by atoms with E-state index in [9.17, 15) is 9.59 Å². The van der Waals surface area contributed by atoms with Crippen LogP contribution in [0.3, 0.4) is 0 Å². The molecule has 1 aromatic heterocycles. The number of nitrogens with zero attached hydrogens (tertiary/aromatic N) is 4. The van der Waals surface area contributed by atoms with Gasteiger partial charge in [0.1, 0.15) is 0 Å². The van der Waals surface area contributed by atoms with Crippen LogP contribution in [0.25, 0.3) is 0 Å². The summed E-state index contributed by atoms with van der Waals surface area (Å²) in [6, 6.07) is -0.129. The van der Waals surface area contributed by atoms with Crippen molar-refractivity contribution in [2.75, 3.05) is 19.6 Å². The van der Waals surface area contributed by atoms with E-state index in [1.807, 2.05) is 6.92 Å². The third kappa shape index (κ3) is 2.96. The predicted molar refractivity (Wildman–Crippen MR) is 70.4 cm³/mol. The standard InChI is InChI=1S/C12H19N5O3/c1-3-16(8(2)4-11(18)19)12(20)10-7-17(15-14-10)9-5-13-6-9/h7-9,13H,3-6H2,1-2H3,(H,18,19). The van der Waals surface area contributed by atoms with Gasteiger partial charge in [-0.25, -0.2) is 4.68 Å². The summed E-state index contributed by atoms with van der Waals surface area (Å²) in [7, 11) is 0. The van der Waals surface area contributed by atoms with Gasteiger partial charge in [-0.3, -0.25) is 9.59 Å². The Morgan fingerprint density at radius 2 is 2.30 bits per heavy atom. The maximum Gasteiger partial charge on any atom is 0.305 e. The lowest BCUT2D eigenvalue weighted by molar-refractivity contribution is -0.138. The molecule has 8 heteroatoms. The number of aromatic nitrogens is 3. The minimum atomic E-state index is -0.923. The maximum absolute atomic E-state index is 12.3. The van der Waals surface area contributed by atoms with E-state index >= 15 is 0 Å². The summed E-state index contributed by atoms with van der Waals surface area (Å²) >= 11 is 0. The van der Waals surface area contributed by atoms with Crippen LogP contribution in [0, 0.1) is 0 Å². The quantitative estimate of drug-likeness (QED) is 0.745. The van der Waals surface area contributed by atoms with E-state index in [2.05, 4.69) is 15.6 Å². The van der Waals surface area contributed by atoms with Gasteiger partial charge in [0.2, 0.25) is 0 Å². The second kappa shape index (κ2) is 6.00. The molecule has 1 fully saturated rings. The molecule has 1 unspecified atom stereocenters. The highest BCUT2D eigenvalue weighted by Crippen LogP contribution is 2.13. The van der Waals surface area contributed by atoms with E-state index in [0.29, 0.717) is 6.54 Å². The Morgan fingerprint density at radius 3 is 2.80 bits per heavy atom. The number of carbonyl (C=O) groups excluding carboxylic acids is 1. The molecular weight excluding hydrogens is 262 g/mol. The average molecular weight is 281 g/mol. The number of rotatable bonds is 6. The molecular formula is C12H19N5O3. The zero-order valence-corrected chi connectivity index (χ0v) is 11.6.